The molecule has 0 amide bonds. The summed E-state index contributed by atoms with van der Waals surface area (Å²) in [5.74, 6) is -2.12. The molecule has 1 aliphatic carbocycles. The van der Waals surface area contributed by atoms with Crippen molar-refractivity contribution in [1.29, 1.82) is 0 Å². The van der Waals surface area contributed by atoms with Gasteiger partial charge >= 0.3 is 0 Å². The molecule has 1 aliphatic heterocycles. The highest BCUT2D eigenvalue weighted by atomic mass is 19.3. The molecule has 5 heteroatoms. The zero-order valence-corrected chi connectivity index (χ0v) is 10.7. The van der Waals surface area contributed by atoms with Gasteiger partial charge in [0.15, 0.2) is 11.5 Å². The Morgan fingerprint density at radius 3 is 2.32 bits per heavy atom. The minimum atomic E-state index is -2.96. The van der Waals surface area contributed by atoms with E-state index >= 15 is 0 Å². The average Bonchev–Trinajstić information content (AvgIpc) is 3.04. The Morgan fingerprint density at radius 1 is 1.21 bits per heavy atom. The molecule has 3 rings (SSSR count). The van der Waals surface area contributed by atoms with Crippen molar-refractivity contribution in [1.82, 2.24) is 0 Å². The lowest BCUT2D eigenvalue weighted by Crippen LogP contribution is -2.20. The van der Waals surface area contributed by atoms with E-state index in [1.807, 2.05) is 0 Å². The molecule has 0 aromatic heterocycles. The van der Waals surface area contributed by atoms with E-state index in [9.17, 15) is 13.9 Å². The molecular formula is C14H16F2O3. The predicted molar refractivity (Wildman–Crippen MR) is 64.9 cm³/mol. The number of hydrogen-bond acceptors (Lipinski definition) is 3. The second-order valence-electron chi connectivity index (χ2n) is 5.44. The van der Waals surface area contributed by atoms with E-state index < -0.39 is 11.5 Å². The Kier molecular flexibility index (Phi) is 2.71. The van der Waals surface area contributed by atoms with Gasteiger partial charge in [0.25, 0.3) is 5.92 Å². The van der Waals surface area contributed by atoms with Crippen molar-refractivity contribution in [2.24, 2.45) is 0 Å². The molecule has 0 radical (unpaired) electrons. The van der Waals surface area contributed by atoms with E-state index in [1.165, 1.54) is 6.07 Å². The fourth-order valence-corrected chi connectivity index (χ4v) is 2.36. The maximum absolute atomic E-state index is 13.7. The summed E-state index contributed by atoms with van der Waals surface area (Å²) in [5, 5.41) is 9.96. The van der Waals surface area contributed by atoms with Crippen LogP contribution in [0.25, 0.3) is 0 Å². The summed E-state index contributed by atoms with van der Waals surface area (Å²) in [7, 11) is 0. The van der Waals surface area contributed by atoms with Crippen LogP contribution in [-0.2, 0) is 12.3 Å². The molecule has 19 heavy (non-hydrogen) atoms. The second kappa shape index (κ2) is 4.07. The maximum atomic E-state index is 13.7. The van der Waals surface area contributed by atoms with Gasteiger partial charge in [-0.1, -0.05) is 0 Å². The Labute approximate surface area is 110 Å². The van der Waals surface area contributed by atoms with Gasteiger partial charge in [0.1, 0.15) is 13.2 Å². The lowest BCUT2D eigenvalue weighted by molar-refractivity contribution is 0.0152. The molecule has 1 fully saturated rings. The number of fused-ring (bicyclic) bond motifs is 1. The average molecular weight is 270 g/mol. The molecular weight excluding hydrogens is 254 g/mol. The fraction of sp³-hybridized carbons (Fsp3) is 0.571. The summed E-state index contributed by atoms with van der Waals surface area (Å²) in [4.78, 5) is 0. The summed E-state index contributed by atoms with van der Waals surface area (Å²) in [5.41, 5.74) is -0.460. The smallest absolute Gasteiger partial charge is 0.270 e. The van der Waals surface area contributed by atoms with Gasteiger partial charge in [-0.25, -0.2) is 8.78 Å². The van der Waals surface area contributed by atoms with E-state index in [0.717, 1.165) is 6.92 Å². The van der Waals surface area contributed by atoms with Crippen LogP contribution in [0.5, 0.6) is 11.5 Å². The Balaban J connectivity index is 2.03. The van der Waals surface area contributed by atoms with Crippen LogP contribution in [-0.4, -0.2) is 23.9 Å². The molecule has 0 saturated heterocycles. The molecule has 1 aromatic carbocycles. The predicted octanol–water partition coefficient (Wildman–Crippen LogP) is 2.64. The number of ether oxygens (including phenoxy) is 2. The van der Waals surface area contributed by atoms with Crippen LogP contribution in [0.2, 0.25) is 0 Å². The maximum Gasteiger partial charge on any atom is 0.270 e. The third kappa shape index (κ3) is 2.52. The third-order valence-electron chi connectivity index (χ3n) is 3.59. The van der Waals surface area contributed by atoms with Crippen molar-refractivity contribution in [2.45, 2.75) is 37.7 Å². The molecule has 1 heterocycles. The van der Waals surface area contributed by atoms with Crippen LogP contribution in [0.15, 0.2) is 12.1 Å². The Bertz CT molecular complexity index is 504. The molecule has 0 unspecified atom stereocenters. The quantitative estimate of drug-likeness (QED) is 0.917. The summed E-state index contributed by atoms with van der Waals surface area (Å²) >= 11 is 0. The molecule has 0 bridgehead atoms. The summed E-state index contributed by atoms with van der Waals surface area (Å²) in [6, 6.07) is 2.92. The lowest BCUT2D eigenvalue weighted by atomic mass is 9.96. The number of rotatable bonds is 3. The highest BCUT2D eigenvalue weighted by Crippen LogP contribution is 2.44. The number of halogens is 2. The van der Waals surface area contributed by atoms with Gasteiger partial charge in [-0.05, 0) is 30.5 Å². The minimum absolute atomic E-state index is 0.0860. The van der Waals surface area contributed by atoms with Gasteiger partial charge in [0.2, 0.25) is 0 Å². The standard InChI is InChI=1S/C14H16F2O3/c1-13(15,16)10-7-12-11(18-4-5-19-12)6-9(10)8-14(17)2-3-14/h6-7,17H,2-5,8H2,1H3. The Hall–Kier alpha value is -1.36. The van der Waals surface area contributed by atoms with E-state index in [1.54, 1.807) is 6.07 Å². The van der Waals surface area contributed by atoms with Crippen LogP contribution in [0.4, 0.5) is 8.78 Å². The first kappa shape index (κ1) is 12.7. The summed E-state index contributed by atoms with van der Waals surface area (Å²) in [6.07, 6.45) is 1.56. The highest BCUT2D eigenvalue weighted by molar-refractivity contribution is 5.50. The van der Waals surface area contributed by atoms with Crippen molar-refractivity contribution in [3.63, 3.8) is 0 Å². The van der Waals surface area contributed by atoms with Crippen molar-refractivity contribution in [2.75, 3.05) is 13.2 Å². The molecule has 1 N–H and O–H groups in total. The van der Waals surface area contributed by atoms with Crippen molar-refractivity contribution < 1.29 is 23.4 Å². The van der Waals surface area contributed by atoms with Gasteiger partial charge in [-0.2, -0.15) is 0 Å². The fourth-order valence-electron chi connectivity index (χ4n) is 2.36. The van der Waals surface area contributed by atoms with Crippen LogP contribution < -0.4 is 9.47 Å². The zero-order chi connectivity index (χ0) is 13.7. The van der Waals surface area contributed by atoms with Gasteiger partial charge in [0.05, 0.1) is 5.60 Å². The lowest BCUT2D eigenvalue weighted by Gasteiger charge is -2.24. The first-order valence-corrected chi connectivity index (χ1v) is 6.41. The first-order valence-electron chi connectivity index (χ1n) is 6.41. The normalized spacial score (nSPS) is 20.2. The molecule has 0 spiro atoms. The van der Waals surface area contributed by atoms with E-state index in [2.05, 4.69) is 0 Å². The summed E-state index contributed by atoms with van der Waals surface area (Å²) in [6.45, 7) is 1.64. The summed E-state index contributed by atoms with van der Waals surface area (Å²) < 4.78 is 38.2. The van der Waals surface area contributed by atoms with Gasteiger partial charge in [-0.15, -0.1) is 0 Å². The second-order valence-corrected chi connectivity index (χ2v) is 5.44. The molecule has 104 valence electrons. The minimum Gasteiger partial charge on any atom is -0.486 e. The van der Waals surface area contributed by atoms with E-state index in [-0.39, 0.29) is 12.0 Å². The topological polar surface area (TPSA) is 38.7 Å². The largest absolute Gasteiger partial charge is 0.486 e. The molecule has 1 saturated carbocycles. The number of aliphatic hydroxyl groups is 1. The van der Waals surface area contributed by atoms with Gasteiger partial charge < -0.3 is 14.6 Å². The molecule has 2 aliphatic rings. The SMILES string of the molecule is CC(F)(F)c1cc2c(cc1CC1(O)CC1)OCCO2. The van der Waals surface area contributed by atoms with Crippen molar-refractivity contribution in [3.8, 4) is 11.5 Å². The van der Waals surface area contributed by atoms with E-state index in [0.29, 0.717) is 43.1 Å². The third-order valence-corrected chi connectivity index (χ3v) is 3.59. The highest BCUT2D eigenvalue weighted by Gasteiger charge is 2.42. The first-order chi connectivity index (χ1) is 8.87. The number of hydrogen-bond donors (Lipinski definition) is 1. The Morgan fingerprint density at radius 2 is 1.79 bits per heavy atom. The molecule has 0 atom stereocenters. The van der Waals surface area contributed by atoms with Crippen LogP contribution >= 0.6 is 0 Å². The van der Waals surface area contributed by atoms with Crippen LogP contribution in [0.1, 0.15) is 30.9 Å². The number of benzene rings is 1. The van der Waals surface area contributed by atoms with Crippen LogP contribution in [0.3, 0.4) is 0 Å². The van der Waals surface area contributed by atoms with Crippen LogP contribution in [0, 0.1) is 0 Å². The number of alkyl halides is 2. The molecule has 3 nitrogen and oxygen atoms in total. The van der Waals surface area contributed by atoms with Gasteiger partial charge in [0, 0.05) is 18.9 Å². The van der Waals surface area contributed by atoms with Crippen molar-refractivity contribution in [3.05, 3.63) is 23.3 Å². The zero-order valence-electron chi connectivity index (χ0n) is 10.7. The van der Waals surface area contributed by atoms with Crippen molar-refractivity contribution >= 4 is 0 Å². The van der Waals surface area contributed by atoms with Gasteiger partial charge in [-0.3, -0.25) is 0 Å². The monoisotopic (exact) mass is 270 g/mol. The molecule has 1 aromatic rings. The van der Waals surface area contributed by atoms with E-state index in [4.69, 9.17) is 9.47 Å².